The number of carbonyl (C=O) groups is 1. The zero-order chi connectivity index (χ0) is 16.1. The summed E-state index contributed by atoms with van der Waals surface area (Å²) >= 11 is 14.4. The first kappa shape index (κ1) is 16.9. The Morgan fingerprint density at radius 3 is 2.55 bits per heavy atom. The Morgan fingerprint density at radius 1 is 1.23 bits per heavy atom. The molecule has 2 aromatic rings. The van der Waals surface area contributed by atoms with E-state index < -0.39 is 0 Å². The highest BCUT2D eigenvalue weighted by atomic mass is 79.9. The average Bonchev–Trinajstić information content (AvgIpc) is 2.44. The molecule has 22 heavy (non-hydrogen) atoms. The van der Waals surface area contributed by atoms with Gasteiger partial charge >= 0.3 is 0 Å². The van der Waals surface area contributed by atoms with Gasteiger partial charge in [-0.2, -0.15) is 0 Å². The third-order valence-electron chi connectivity index (χ3n) is 2.90. The van der Waals surface area contributed by atoms with Crippen molar-refractivity contribution in [3.63, 3.8) is 0 Å². The predicted molar refractivity (Wildman–Crippen MR) is 98.4 cm³/mol. The van der Waals surface area contributed by atoms with Crippen LogP contribution >= 0.6 is 39.7 Å². The number of hydrogen-bond donors (Lipinski definition) is 2. The lowest BCUT2D eigenvalue weighted by Gasteiger charge is -2.11. The van der Waals surface area contributed by atoms with E-state index in [-0.39, 0.29) is 17.4 Å². The molecule has 2 rings (SSSR count). The third-order valence-corrected chi connectivity index (χ3v) is 4.02. The van der Waals surface area contributed by atoms with Gasteiger partial charge < -0.3 is 10.6 Å². The first-order chi connectivity index (χ1) is 10.4. The van der Waals surface area contributed by atoms with Crippen LogP contribution in [0.2, 0.25) is 5.02 Å². The fourth-order valence-corrected chi connectivity index (χ4v) is 2.78. The lowest BCUT2D eigenvalue weighted by molar-refractivity contribution is -0.119. The smallest absolute Gasteiger partial charge is 0.230 e. The van der Waals surface area contributed by atoms with Gasteiger partial charge in [-0.05, 0) is 70.5 Å². The first-order valence-corrected chi connectivity index (χ1v) is 8.13. The first-order valence-electron chi connectivity index (χ1n) is 6.55. The van der Waals surface area contributed by atoms with Crippen LogP contribution < -0.4 is 10.6 Å². The fraction of sp³-hybridized carbons (Fsp3) is 0.125. The Hall–Kier alpha value is -1.43. The van der Waals surface area contributed by atoms with E-state index in [4.69, 9.17) is 23.8 Å². The molecule has 0 bridgehead atoms. The van der Waals surface area contributed by atoms with Crippen LogP contribution in [0.5, 0.6) is 0 Å². The Morgan fingerprint density at radius 2 is 1.91 bits per heavy atom. The van der Waals surface area contributed by atoms with Gasteiger partial charge in [0, 0.05) is 9.50 Å². The molecule has 1 amide bonds. The molecule has 6 heteroatoms. The molecule has 0 saturated carbocycles. The molecule has 3 nitrogen and oxygen atoms in total. The van der Waals surface area contributed by atoms with Crippen LogP contribution in [-0.2, 0) is 11.2 Å². The minimum Gasteiger partial charge on any atom is -0.331 e. The second-order valence-electron chi connectivity index (χ2n) is 4.79. The van der Waals surface area contributed by atoms with Crippen molar-refractivity contribution in [3.8, 4) is 0 Å². The minimum absolute atomic E-state index is 0.178. The van der Waals surface area contributed by atoms with Gasteiger partial charge in [-0.25, -0.2) is 0 Å². The highest BCUT2D eigenvalue weighted by Crippen LogP contribution is 2.23. The Balaban J connectivity index is 1.91. The standard InChI is InChI=1S/C16H14BrClN2OS/c1-10-2-7-14(13(17)8-10)19-16(22)20-15(21)9-11-3-5-12(18)6-4-11/h2-8H,9H2,1H3,(H2,19,20,21,22). The van der Waals surface area contributed by atoms with Gasteiger partial charge in [0.05, 0.1) is 12.1 Å². The SMILES string of the molecule is Cc1ccc(NC(=S)NC(=O)Cc2ccc(Cl)cc2)c(Br)c1. The second-order valence-corrected chi connectivity index (χ2v) is 6.49. The molecule has 0 aromatic heterocycles. The van der Waals surface area contributed by atoms with Crippen molar-refractivity contribution in [1.29, 1.82) is 0 Å². The lowest BCUT2D eigenvalue weighted by Crippen LogP contribution is -2.35. The summed E-state index contributed by atoms with van der Waals surface area (Å²) in [7, 11) is 0. The number of thiocarbonyl (C=S) groups is 1. The van der Waals surface area contributed by atoms with E-state index >= 15 is 0 Å². The van der Waals surface area contributed by atoms with Crippen molar-refractivity contribution in [3.05, 3.63) is 63.1 Å². The predicted octanol–water partition coefficient (Wildman–Crippen LogP) is 4.47. The zero-order valence-electron chi connectivity index (χ0n) is 11.8. The molecular formula is C16H14BrClN2OS. The number of rotatable bonds is 3. The molecular weight excluding hydrogens is 384 g/mol. The molecule has 2 N–H and O–H groups in total. The number of aryl methyl sites for hydroxylation is 1. The van der Waals surface area contributed by atoms with E-state index in [1.165, 1.54) is 0 Å². The molecule has 0 aliphatic rings. The van der Waals surface area contributed by atoms with E-state index in [1.54, 1.807) is 12.1 Å². The molecule has 0 unspecified atom stereocenters. The van der Waals surface area contributed by atoms with Gasteiger partial charge in [0.1, 0.15) is 0 Å². The number of anilines is 1. The largest absolute Gasteiger partial charge is 0.331 e. The van der Waals surface area contributed by atoms with Gasteiger partial charge in [-0.3, -0.25) is 4.79 Å². The summed E-state index contributed by atoms with van der Waals surface area (Å²) < 4.78 is 0.891. The number of halogens is 2. The van der Waals surface area contributed by atoms with Crippen molar-refractivity contribution < 1.29 is 4.79 Å². The molecule has 0 spiro atoms. The van der Waals surface area contributed by atoms with Crippen LogP contribution in [0.25, 0.3) is 0 Å². The normalized spacial score (nSPS) is 10.1. The number of nitrogens with one attached hydrogen (secondary N) is 2. The number of hydrogen-bond acceptors (Lipinski definition) is 2. The summed E-state index contributed by atoms with van der Waals surface area (Å²) in [4.78, 5) is 12.0. The van der Waals surface area contributed by atoms with Gasteiger partial charge in [-0.1, -0.05) is 29.8 Å². The summed E-state index contributed by atoms with van der Waals surface area (Å²) in [5, 5.41) is 6.57. The Bertz CT molecular complexity index is 704. The summed E-state index contributed by atoms with van der Waals surface area (Å²) in [6, 6.07) is 13.0. The Labute approximate surface area is 148 Å². The van der Waals surface area contributed by atoms with Crippen molar-refractivity contribution in [1.82, 2.24) is 5.32 Å². The van der Waals surface area contributed by atoms with Crippen LogP contribution in [0.4, 0.5) is 5.69 Å². The molecule has 0 saturated heterocycles. The van der Waals surface area contributed by atoms with E-state index in [1.807, 2.05) is 37.3 Å². The monoisotopic (exact) mass is 396 g/mol. The van der Waals surface area contributed by atoms with Crippen molar-refractivity contribution in [2.75, 3.05) is 5.32 Å². The van der Waals surface area contributed by atoms with Gasteiger partial charge in [0.2, 0.25) is 5.91 Å². The molecule has 2 aromatic carbocycles. The fourth-order valence-electron chi connectivity index (χ4n) is 1.83. The van der Waals surface area contributed by atoms with Gasteiger partial charge in [0.15, 0.2) is 5.11 Å². The maximum atomic E-state index is 12.0. The van der Waals surface area contributed by atoms with E-state index in [9.17, 15) is 4.79 Å². The second kappa shape index (κ2) is 7.72. The number of amides is 1. The van der Waals surface area contributed by atoms with Crippen LogP contribution in [0, 0.1) is 6.92 Å². The molecule has 0 aliphatic carbocycles. The number of benzene rings is 2. The quantitative estimate of drug-likeness (QED) is 0.751. The van der Waals surface area contributed by atoms with Crippen LogP contribution in [-0.4, -0.2) is 11.0 Å². The summed E-state index contributed by atoms with van der Waals surface area (Å²) in [5.74, 6) is -0.178. The van der Waals surface area contributed by atoms with Gasteiger partial charge in [-0.15, -0.1) is 0 Å². The molecule has 0 fully saturated rings. The van der Waals surface area contributed by atoms with E-state index in [0.29, 0.717) is 5.02 Å². The molecule has 0 atom stereocenters. The Kier molecular flexibility index (Phi) is 5.94. The average molecular weight is 398 g/mol. The van der Waals surface area contributed by atoms with Crippen LogP contribution in [0.3, 0.4) is 0 Å². The topological polar surface area (TPSA) is 41.1 Å². The van der Waals surface area contributed by atoms with E-state index in [2.05, 4.69) is 26.6 Å². The lowest BCUT2D eigenvalue weighted by atomic mass is 10.1. The highest BCUT2D eigenvalue weighted by Gasteiger charge is 2.08. The third kappa shape index (κ3) is 5.09. The highest BCUT2D eigenvalue weighted by molar-refractivity contribution is 9.10. The molecule has 114 valence electrons. The minimum atomic E-state index is -0.178. The van der Waals surface area contributed by atoms with Crippen LogP contribution in [0.15, 0.2) is 46.9 Å². The molecule has 0 heterocycles. The zero-order valence-corrected chi connectivity index (χ0v) is 15.0. The summed E-state index contributed by atoms with van der Waals surface area (Å²) in [5.41, 5.74) is 2.82. The maximum Gasteiger partial charge on any atom is 0.230 e. The van der Waals surface area contributed by atoms with E-state index in [0.717, 1.165) is 21.3 Å². The van der Waals surface area contributed by atoms with Gasteiger partial charge in [0.25, 0.3) is 0 Å². The number of carbonyl (C=O) groups excluding carboxylic acids is 1. The molecule has 0 radical (unpaired) electrons. The summed E-state index contributed by atoms with van der Waals surface area (Å²) in [6.07, 6.45) is 0.244. The summed E-state index contributed by atoms with van der Waals surface area (Å²) in [6.45, 7) is 2.00. The van der Waals surface area contributed by atoms with Crippen molar-refractivity contribution >= 4 is 56.5 Å². The van der Waals surface area contributed by atoms with Crippen molar-refractivity contribution in [2.45, 2.75) is 13.3 Å². The van der Waals surface area contributed by atoms with Crippen LogP contribution in [0.1, 0.15) is 11.1 Å². The maximum absolute atomic E-state index is 12.0. The van der Waals surface area contributed by atoms with Crippen molar-refractivity contribution in [2.24, 2.45) is 0 Å². The molecule has 0 aliphatic heterocycles.